The molecule has 2 fully saturated rings. The highest BCUT2D eigenvalue weighted by Crippen LogP contribution is 2.37. The molecule has 0 N–H and O–H groups in total. The van der Waals surface area contributed by atoms with Gasteiger partial charge >= 0.3 is 0 Å². The van der Waals surface area contributed by atoms with Crippen LogP contribution in [0.25, 0.3) is 0 Å². The van der Waals surface area contributed by atoms with E-state index in [1.54, 1.807) is 11.0 Å². The van der Waals surface area contributed by atoms with Crippen LogP contribution in [0.3, 0.4) is 0 Å². The highest BCUT2D eigenvalue weighted by atomic mass is 16.2. The second kappa shape index (κ2) is 11.1. The number of hydrogen-bond donors (Lipinski definition) is 0. The number of piperidine rings is 1. The average molecular weight is 534 g/mol. The number of benzene rings is 1. The summed E-state index contributed by atoms with van der Waals surface area (Å²) in [5.41, 5.74) is 5.09. The predicted molar refractivity (Wildman–Crippen MR) is 152 cm³/mol. The smallest absolute Gasteiger partial charge is 0.263 e. The van der Waals surface area contributed by atoms with Crippen LogP contribution >= 0.6 is 0 Å². The molecular formula is C31H43N5O3. The minimum atomic E-state index is -0.135. The number of rotatable bonds is 5. The molecule has 8 nitrogen and oxygen atoms in total. The standard InChI is InChI=1S/C31H43N5O3/c1-20-27(22(3)34(5)32-20)21(2)33(4)29(37)23-16-18-35(19-17-23)26-15-11-14-25-28(26)31(39)36(30(25)38)24-12-9-7-6-8-10-13-24/h11,14-15,21,23-24H,6-10,12-13,16-19H2,1-5H3/t21-/m0/s1. The lowest BCUT2D eigenvalue weighted by atomic mass is 9.93. The van der Waals surface area contributed by atoms with Crippen molar-refractivity contribution < 1.29 is 14.4 Å². The second-order valence-corrected chi connectivity index (χ2v) is 11.8. The van der Waals surface area contributed by atoms with E-state index in [0.29, 0.717) is 24.2 Å². The molecule has 2 aromatic rings. The van der Waals surface area contributed by atoms with Gasteiger partial charge in [0.05, 0.1) is 28.6 Å². The van der Waals surface area contributed by atoms with Gasteiger partial charge in [-0.05, 0) is 58.6 Å². The molecule has 3 aliphatic rings. The van der Waals surface area contributed by atoms with Crippen molar-refractivity contribution in [2.45, 2.75) is 90.6 Å². The second-order valence-electron chi connectivity index (χ2n) is 11.8. The van der Waals surface area contributed by atoms with Gasteiger partial charge in [0.1, 0.15) is 0 Å². The number of hydrogen-bond acceptors (Lipinski definition) is 5. The summed E-state index contributed by atoms with van der Waals surface area (Å²) in [5, 5.41) is 4.53. The highest BCUT2D eigenvalue weighted by molar-refractivity contribution is 6.24. The molecule has 3 amide bonds. The first-order chi connectivity index (χ1) is 18.7. The van der Waals surface area contributed by atoms with E-state index < -0.39 is 0 Å². The molecule has 3 heterocycles. The number of imide groups is 1. The van der Waals surface area contributed by atoms with Crippen molar-refractivity contribution in [1.29, 1.82) is 0 Å². The molecule has 1 aromatic heterocycles. The van der Waals surface area contributed by atoms with Crippen molar-refractivity contribution in [1.82, 2.24) is 19.6 Å². The zero-order valence-electron chi connectivity index (χ0n) is 24.2. The van der Waals surface area contributed by atoms with Crippen LogP contribution in [-0.4, -0.2) is 63.5 Å². The van der Waals surface area contributed by atoms with Gasteiger partial charge < -0.3 is 9.80 Å². The molecule has 1 atom stereocenters. The SMILES string of the molecule is Cc1nn(C)c(C)c1[C@H](C)N(C)C(=O)C1CCN(c2cccc3c2C(=O)N(C2CCCCCCC2)C3=O)CC1. The molecule has 5 rings (SSSR count). The Morgan fingerprint density at radius 2 is 1.62 bits per heavy atom. The number of nitrogens with zero attached hydrogens (tertiary/aromatic N) is 5. The summed E-state index contributed by atoms with van der Waals surface area (Å²) in [4.78, 5) is 46.3. The van der Waals surface area contributed by atoms with E-state index in [4.69, 9.17) is 0 Å². The van der Waals surface area contributed by atoms with Gasteiger partial charge in [0, 0.05) is 50.4 Å². The summed E-state index contributed by atoms with van der Waals surface area (Å²) >= 11 is 0. The topological polar surface area (TPSA) is 78.8 Å². The van der Waals surface area contributed by atoms with Crippen molar-refractivity contribution in [3.8, 4) is 0 Å². The van der Waals surface area contributed by atoms with Crippen LogP contribution in [-0.2, 0) is 11.8 Å². The van der Waals surface area contributed by atoms with Gasteiger partial charge in [-0.15, -0.1) is 0 Å². The quantitative estimate of drug-likeness (QED) is 0.495. The molecular weight excluding hydrogens is 490 g/mol. The molecule has 0 spiro atoms. The zero-order valence-corrected chi connectivity index (χ0v) is 24.2. The van der Waals surface area contributed by atoms with Gasteiger partial charge in [-0.25, -0.2) is 0 Å². The molecule has 0 bridgehead atoms. The van der Waals surface area contributed by atoms with E-state index in [9.17, 15) is 14.4 Å². The number of amides is 3. The maximum atomic E-state index is 13.7. The zero-order chi connectivity index (χ0) is 27.8. The van der Waals surface area contributed by atoms with E-state index in [2.05, 4.69) is 16.9 Å². The summed E-state index contributed by atoms with van der Waals surface area (Å²) in [5.74, 6) is -0.175. The molecule has 1 saturated heterocycles. The van der Waals surface area contributed by atoms with Crippen molar-refractivity contribution >= 4 is 23.4 Å². The van der Waals surface area contributed by atoms with E-state index in [1.807, 2.05) is 49.7 Å². The fourth-order valence-corrected chi connectivity index (χ4v) is 7.01. The fourth-order valence-electron chi connectivity index (χ4n) is 7.01. The Labute approximate surface area is 232 Å². The van der Waals surface area contributed by atoms with Gasteiger partial charge in [0.25, 0.3) is 11.8 Å². The van der Waals surface area contributed by atoms with Crippen molar-refractivity contribution in [2.75, 3.05) is 25.0 Å². The van der Waals surface area contributed by atoms with E-state index in [1.165, 1.54) is 19.3 Å². The summed E-state index contributed by atoms with van der Waals surface area (Å²) in [6, 6.07) is 5.61. The van der Waals surface area contributed by atoms with Crippen LogP contribution in [0.4, 0.5) is 5.69 Å². The summed E-state index contributed by atoms with van der Waals surface area (Å²) < 4.78 is 1.88. The maximum Gasteiger partial charge on any atom is 0.263 e. The van der Waals surface area contributed by atoms with Crippen molar-refractivity contribution in [3.63, 3.8) is 0 Å². The Hall–Kier alpha value is -3.16. The Balaban J connectivity index is 1.28. The molecule has 2 aliphatic heterocycles. The number of fused-ring (bicyclic) bond motifs is 1. The Kier molecular flexibility index (Phi) is 7.83. The number of aryl methyl sites for hydroxylation is 2. The number of anilines is 1. The largest absolute Gasteiger partial charge is 0.371 e. The third-order valence-electron chi connectivity index (χ3n) is 9.46. The summed E-state index contributed by atoms with van der Waals surface area (Å²) in [6.45, 7) is 7.49. The number of aromatic nitrogens is 2. The van der Waals surface area contributed by atoms with Gasteiger partial charge in [-0.2, -0.15) is 5.10 Å². The third-order valence-corrected chi connectivity index (χ3v) is 9.46. The normalized spacial score (nSPS) is 20.1. The minimum absolute atomic E-state index is 0.00137. The molecule has 210 valence electrons. The van der Waals surface area contributed by atoms with Gasteiger partial charge in [-0.1, -0.05) is 38.2 Å². The fraction of sp³-hybridized carbons (Fsp3) is 0.613. The van der Waals surface area contributed by atoms with Crippen LogP contribution < -0.4 is 4.90 Å². The van der Waals surface area contributed by atoms with Gasteiger partial charge in [-0.3, -0.25) is 24.0 Å². The Bertz CT molecular complexity index is 1250. The molecule has 1 aromatic carbocycles. The monoisotopic (exact) mass is 533 g/mol. The summed E-state index contributed by atoms with van der Waals surface area (Å²) in [7, 11) is 3.83. The number of carbonyl (C=O) groups is 3. The Morgan fingerprint density at radius 1 is 0.974 bits per heavy atom. The first kappa shape index (κ1) is 27.4. The predicted octanol–water partition coefficient (Wildman–Crippen LogP) is 5.18. The molecule has 39 heavy (non-hydrogen) atoms. The molecule has 1 aliphatic carbocycles. The van der Waals surface area contributed by atoms with Gasteiger partial charge in [0.2, 0.25) is 5.91 Å². The Morgan fingerprint density at radius 3 is 2.23 bits per heavy atom. The van der Waals surface area contributed by atoms with Crippen LogP contribution in [0.2, 0.25) is 0 Å². The third kappa shape index (κ3) is 4.98. The molecule has 1 saturated carbocycles. The van der Waals surface area contributed by atoms with Crippen LogP contribution in [0.1, 0.15) is 108 Å². The maximum absolute atomic E-state index is 13.7. The van der Waals surface area contributed by atoms with E-state index in [-0.39, 0.29) is 35.7 Å². The molecule has 0 radical (unpaired) electrons. The van der Waals surface area contributed by atoms with Gasteiger partial charge in [0.15, 0.2) is 0 Å². The van der Waals surface area contributed by atoms with Crippen molar-refractivity contribution in [3.05, 3.63) is 46.3 Å². The molecule has 8 heteroatoms. The van der Waals surface area contributed by atoms with Crippen LogP contribution in [0.15, 0.2) is 18.2 Å². The van der Waals surface area contributed by atoms with Crippen LogP contribution in [0.5, 0.6) is 0 Å². The summed E-state index contributed by atoms with van der Waals surface area (Å²) in [6.07, 6.45) is 8.98. The average Bonchev–Trinajstić information content (AvgIpc) is 3.32. The first-order valence-electron chi connectivity index (χ1n) is 14.7. The first-order valence-corrected chi connectivity index (χ1v) is 14.7. The number of carbonyl (C=O) groups excluding carboxylic acids is 3. The lowest BCUT2D eigenvalue weighted by Crippen LogP contribution is -2.43. The van der Waals surface area contributed by atoms with E-state index in [0.717, 1.165) is 61.2 Å². The minimum Gasteiger partial charge on any atom is -0.371 e. The molecule has 0 unspecified atom stereocenters. The highest BCUT2D eigenvalue weighted by Gasteiger charge is 2.42. The van der Waals surface area contributed by atoms with E-state index >= 15 is 0 Å². The lowest BCUT2D eigenvalue weighted by molar-refractivity contribution is -0.136. The lowest BCUT2D eigenvalue weighted by Gasteiger charge is -2.36. The van der Waals surface area contributed by atoms with Crippen LogP contribution in [0, 0.1) is 19.8 Å². The van der Waals surface area contributed by atoms with Crippen molar-refractivity contribution in [2.24, 2.45) is 13.0 Å².